The van der Waals surface area contributed by atoms with Crippen LogP contribution in [0.2, 0.25) is 0 Å². The van der Waals surface area contributed by atoms with Crippen molar-refractivity contribution in [2.75, 3.05) is 0 Å². The van der Waals surface area contributed by atoms with Crippen LogP contribution in [-0.2, 0) is 43.7 Å². The van der Waals surface area contributed by atoms with E-state index in [4.69, 9.17) is 0 Å². The van der Waals surface area contributed by atoms with Crippen LogP contribution < -0.4 is 0 Å². The molecule has 60 heavy (non-hydrogen) atoms. The molecule has 0 saturated heterocycles. The molecule has 3 rings (SSSR count). The van der Waals surface area contributed by atoms with Gasteiger partial charge in [-0.15, -0.1) is 0 Å². The predicted octanol–water partition coefficient (Wildman–Crippen LogP) is 17.9. The molecule has 0 fully saturated rings. The molecule has 1 aliphatic heterocycles. The number of aryl methyl sites for hydroxylation is 4. The minimum Gasteiger partial charge on any atom is -0.493 e. The first-order valence-electron chi connectivity index (χ1n) is 25.2. The minimum absolute atomic E-state index is 0.348. The van der Waals surface area contributed by atoms with Crippen LogP contribution in [0, 0.1) is 20.6 Å². The van der Waals surface area contributed by atoms with Gasteiger partial charge >= 0.3 is 130 Å². The molecule has 0 aliphatic carbocycles. The summed E-state index contributed by atoms with van der Waals surface area (Å²) in [6.07, 6.45) is 35.2. The van der Waals surface area contributed by atoms with E-state index in [0.717, 1.165) is 75.6 Å². The maximum absolute atomic E-state index is 12.2. The molecule has 2 aromatic rings. The Morgan fingerprint density at radius 1 is 0.400 bits per heavy atom. The molecule has 0 atom stereocenters. The minimum atomic E-state index is 0.348. The largest absolute Gasteiger partial charge is 0.493 e. The monoisotopic (exact) mass is 907 g/mol. The van der Waals surface area contributed by atoms with Crippen LogP contribution >= 0.6 is 0 Å². The predicted molar refractivity (Wildman–Crippen MR) is 262 cm³/mol. The van der Waals surface area contributed by atoms with Gasteiger partial charge in [0.05, 0.1) is 0 Å². The molecular weight excluding hydrogens is 819 g/mol. The summed E-state index contributed by atoms with van der Waals surface area (Å²) in [5.74, 6) is 6.50. The number of allylic oxidation sites excluding steroid dienone is 2. The molecule has 3 heteroatoms. The summed E-state index contributed by atoms with van der Waals surface area (Å²) in [6, 6.07) is 14.2. The van der Waals surface area contributed by atoms with Crippen LogP contribution in [0.4, 0.5) is 0 Å². The van der Waals surface area contributed by atoms with Gasteiger partial charge in [-0.25, -0.2) is 4.70 Å². The number of benzene rings is 2. The molecule has 2 nitrogen and oxygen atoms in total. The van der Waals surface area contributed by atoms with E-state index in [1.54, 1.807) is 4.70 Å². The van der Waals surface area contributed by atoms with Crippen molar-refractivity contribution in [1.82, 2.24) is 0 Å². The Kier molecular flexibility index (Phi) is 31.0. The number of hydrogen-bond acceptors (Lipinski definition) is 0. The summed E-state index contributed by atoms with van der Waals surface area (Å²) in [5, 5.41) is 0. The fourth-order valence-corrected chi connectivity index (χ4v) is 8.85. The first-order chi connectivity index (χ1) is 29.4. The third kappa shape index (κ3) is 20.9. The summed E-state index contributed by atoms with van der Waals surface area (Å²) in [7, 11) is 0. The van der Waals surface area contributed by atoms with Crippen molar-refractivity contribution < 1.29 is 22.7 Å². The van der Waals surface area contributed by atoms with Crippen molar-refractivity contribution in [3.05, 3.63) is 86.5 Å². The molecule has 0 radical (unpaired) electrons. The molecular formula is C57H88N2Pd. The molecule has 1 heterocycles. The summed E-state index contributed by atoms with van der Waals surface area (Å²) in [6.45, 7) is 18.1. The van der Waals surface area contributed by atoms with Crippen molar-refractivity contribution in [2.24, 2.45) is 0 Å². The molecule has 0 aromatic heterocycles. The Morgan fingerprint density at radius 2 is 0.750 bits per heavy atom. The zero-order valence-electron chi connectivity index (χ0n) is 40.2. The molecule has 0 spiro atoms. The second-order valence-electron chi connectivity index (χ2n) is 17.1. The number of hydrogen-bond donors (Lipinski definition) is 0. The van der Waals surface area contributed by atoms with Crippen molar-refractivity contribution in [3.8, 4) is 20.6 Å². The zero-order chi connectivity index (χ0) is 43.6. The van der Waals surface area contributed by atoms with Crippen LogP contribution in [0.3, 0.4) is 0 Å². The van der Waals surface area contributed by atoms with Gasteiger partial charge in [0.15, 0.2) is 0 Å². The van der Waals surface area contributed by atoms with E-state index in [1.165, 1.54) is 167 Å². The third-order valence-corrected chi connectivity index (χ3v) is 12.7. The topological polar surface area (TPSA) is 25.3 Å². The van der Waals surface area contributed by atoms with Gasteiger partial charge in [-0.2, -0.15) is 0 Å². The number of nitrogens with zero attached hydrogens (tertiary/aromatic N) is 2. The van der Waals surface area contributed by atoms with Gasteiger partial charge in [-0.3, -0.25) is 0 Å². The van der Waals surface area contributed by atoms with Crippen molar-refractivity contribution in [3.63, 3.8) is 0 Å². The number of rotatable bonds is 29. The molecule has 0 bridgehead atoms. The maximum atomic E-state index is 12.2. The third-order valence-electron chi connectivity index (χ3n) is 11.8. The molecule has 0 N–H and O–H groups in total. The summed E-state index contributed by atoms with van der Waals surface area (Å²) in [5.41, 5.74) is 25.0. The zero-order valence-corrected chi connectivity index (χ0v) is 41.7. The first-order valence-corrected chi connectivity index (χ1v) is 26.7. The number of unbranched alkanes of at least 4 members (excludes halogenated alkanes) is 17. The van der Waals surface area contributed by atoms with Crippen molar-refractivity contribution >= 4 is 11.4 Å². The molecule has 0 amide bonds. The van der Waals surface area contributed by atoms with Gasteiger partial charge in [0.2, 0.25) is 11.4 Å². The molecule has 1 aliphatic rings. The SMILES string of the molecule is CCCCCCCC#[C][Pd][C]#CCCCCCCC.CCCCCCCC1=C(c2cc(CCCC)cc(CCCC)c2)[N+](=[N-])C(c2cc(CC)cc(CC)c2)=C1CCCC. The van der Waals surface area contributed by atoms with E-state index >= 15 is 0 Å². The normalized spacial score (nSPS) is 12.4. The average Bonchev–Trinajstić information content (AvgIpc) is 3.55. The van der Waals surface area contributed by atoms with Crippen LogP contribution in [0.5, 0.6) is 0 Å². The van der Waals surface area contributed by atoms with Crippen LogP contribution in [0.1, 0.15) is 249 Å². The van der Waals surface area contributed by atoms with E-state index in [0.29, 0.717) is 18.0 Å². The Labute approximate surface area is 380 Å². The van der Waals surface area contributed by atoms with Crippen LogP contribution in [0.15, 0.2) is 47.5 Å². The van der Waals surface area contributed by atoms with Gasteiger partial charge < -0.3 is 5.53 Å². The Hall–Kier alpha value is -2.70. The van der Waals surface area contributed by atoms with Gasteiger partial charge in [-0.1, -0.05) is 98.6 Å². The molecule has 0 saturated carbocycles. The van der Waals surface area contributed by atoms with E-state index < -0.39 is 0 Å². The Morgan fingerprint density at radius 3 is 1.17 bits per heavy atom. The second kappa shape index (κ2) is 34.8. The maximum Gasteiger partial charge on any atom is 0.211 e. The van der Waals surface area contributed by atoms with Gasteiger partial charge in [0, 0.05) is 22.3 Å². The molecule has 336 valence electrons. The summed E-state index contributed by atoms with van der Waals surface area (Å²) < 4.78 is 8.04. The Bertz CT molecular complexity index is 1610. The fraction of sp³-hybridized carbons (Fsp3) is 0.649. The van der Waals surface area contributed by atoms with E-state index in [2.05, 4.69) is 112 Å². The summed E-state index contributed by atoms with van der Waals surface area (Å²) in [4.78, 5) is 0. The van der Waals surface area contributed by atoms with E-state index in [-0.39, 0.29) is 0 Å². The van der Waals surface area contributed by atoms with Crippen molar-refractivity contribution in [2.45, 2.75) is 242 Å². The quantitative estimate of drug-likeness (QED) is 0.0336. The smallest absolute Gasteiger partial charge is 0.211 e. The standard InChI is InChI=1S/C39H58N2.2C9H15.Pd/c1-7-13-17-18-19-23-37-36(22-16-10-4)38(34-26-30(11-5)24-31(12-6)27-34)41(40)39(37)35-28-32(20-14-8-2)25-33(29-35)21-15-9-3;2*1-3-5-7-9-8-6-4-2;/h24-29H,7-23H2,1-6H3;2*3,5-9H2,1H3;. The van der Waals surface area contributed by atoms with Crippen molar-refractivity contribution in [1.29, 1.82) is 0 Å². The molecule has 2 aromatic carbocycles. The molecule has 0 unspecified atom stereocenters. The fourth-order valence-electron chi connectivity index (χ4n) is 8.09. The average molecular weight is 908 g/mol. The first kappa shape index (κ1) is 53.4. The Balaban J connectivity index is 0.000000549. The summed E-state index contributed by atoms with van der Waals surface area (Å²) >= 11 is 0.348. The van der Waals surface area contributed by atoms with Crippen LogP contribution in [-0.4, -0.2) is 4.70 Å². The van der Waals surface area contributed by atoms with E-state index in [1.807, 2.05) is 0 Å². The van der Waals surface area contributed by atoms with Gasteiger partial charge in [-0.05, 0) is 111 Å². The van der Waals surface area contributed by atoms with Gasteiger partial charge in [0.25, 0.3) is 0 Å². The van der Waals surface area contributed by atoms with E-state index in [9.17, 15) is 5.53 Å². The second-order valence-corrected chi connectivity index (χ2v) is 18.3. The van der Waals surface area contributed by atoms with Gasteiger partial charge in [0.1, 0.15) is 0 Å². The van der Waals surface area contributed by atoms with Crippen LogP contribution in [0.25, 0.3) is 16.9 Å².